The van der Waals surface area contributed by atoms with E-state index in [1.54, 1.807) is 0 Å². The maximum Gasteiger partial charge on any atom is 0.135 e. The molecule has 1 aliphatic carbocycles. The Hall–Kier alpha value is -1.88. The second-order valence-electron chi connectivity index (χ2n) is 6.80. The molecule has 3 N–H and O–H groups in total. The highest BCUT2D eigenvalue weighted by molar-refractivity contribution is 6.04. The Bertz CT molecular complexity index is 829. The molecule has 126 valence electrons. The van der Waals surface area contributed by atoms with Crippen molar-refractivity contribution in [3.63, 3.8) is 0 Å². The second kappa shape index (κ2) is 6.55. The van der Waals surface area contributed by atoms with E-state index in [-0.39, 0.29) is 0 Å². The van der Waals surface area contributed by atoms with E-state index in [2.05, 4.69) is 23.5 Å². The van der Waals surface area contributed by atoms with E-state index in [9.17, 15) is 10.2 Å². The zero-order valence-corrected chi connectivity index (χ0v) is 13.6. The SMILES string of the molecule is O[C@@H]1CCC(NCc2ccc3oc4ccccc4c3c2)CC[C@@H]1O. The highest BCUT2D eigenvalue weighted by Gasteiger charge is 2.23. The largest absolute Gasteiger partial charge is 0.456 e. The Morgan fingerprint density at radius 3 is 2.38 bits per heavy atom. The van der Waals surface area contributed by atoms with Crippen LogP contribution in [0.1, 0.15) is 31.2 Å². The minimum atomic E-state index is -0.578. The molecule has 4 nitrogen and oxygen atoms in total. The van der Waals surface area contributed by atoms with Crippen molar-refractivity contribution in [3.8, 4) is 0 Å². The lowest BCUT2D eigenvalue weighted by atomic mass is 10.1. The molecule has 0 amide bonds. The zero-order valence-electron chi connectivity index (χ0n) is 13.6. The van der Waals surface area contributed by atoms with Crippen molar-refractivity contribution in [3.05, 3.63) is 48.0 Å². The summed E-state index contributed by atoms with van der Waals surface area (Å²) < 4.78 is 5.87. The molecule has 1 unspecified atom stereocenters. The Morgan fingerprint density at radius 1 is 0.875 bits per heavy atom. The Kier molecular flexibility index (Phi) is 4.27. The van der Waals surface area contributed by atoms with Crippen LogP contribution in [-0.2, 0) is 6.54 Å². The molecule has 3 aromatic rings. The average molecular weight is 325 g/mol. The number of fused-ring (bicyclic) bond motifs is 3. The minimum absolute atomic E-state index is 0.341. The van der Waals surface area contributed by atoms with Gasteiger partial charge in [-0.2, -0.15) is 0 Å². The maximum atomic E-state index is 9.77. The van der Waals surface area contributed by atoms with Gasteiger partial charge in [-0.25, -0.2) is 0 Å². The molecular formula is C20H23NO3. The summed E-state index contributed by atoms with van der Waals surface area (Å²) in [4.78, 5) is 0. The fourth-order valence-corrected chi connectivity index (χ4v) is 3.62. The second-order valence-corrected chi connectivity index (χ2v) is 6.80. The summed E-state index contributed by atoms with van der Waals surface area (Å²) in [5.41, 5.74) is 3.06. The van der Waals surface area contributed by atoms with Gasteiger partial charge in [-0.3, -0.25) is 0 Å². The standard InChI is InChI=1S/C20H23NO3/c22-17-8-6-14(7-9-18(17)23)21-12-13-5-10-20-16(11-13)15-3-1-2-4-19(15)24-20/h1-5,10-11,14,17-18,21-23H,6-9,12H2/t14?,17-,18+. The molecule has 0 radical (unpaired) electrons. The third-order valence-corrected chi connectivity index (χ3v) is 5.10. The lowest BCUT2D eigenvalue weighted by molar-refractivity contribution is 0.0157. The van der Waals surface area contributed by atoms with Gasteiger partial charge in [0.25, 0.3) is 0 Å². The molecule has 4 rings (SSSR count). The monoisotopic (exact) mass is 325 g/mol. The number of furan rings is 1. The van der Waals surface area contributed by atoms with E-state index in [1.807, 2.05) is 24.3 Å². The van der Waals surface area contributed by atoms with Crippen LogP contribution in [0.4, 0.5) is 0 Å². The van der Waals surface area contributed by atoms with Crippen LogP contribution in [0, 0.1) is 0 Å². The topological polar surface area (TPSA) is 65.6 Å². The first kappa shape index (κ1) is 15.6. The molecule has 1 heterocycles. The van der Waals surface area contributed by atoms with Crippen molar-refractivity contribution < 1.29 is 14.6 Å². The van der Waals surface area contributed by atoms with Crippen molar-refractivity contribution in [2.24, 2.45) is 0 Å². The van der Waals surface area contributed by atoms with Gasteiger partial charge in [0.2, 0.25) is 0 Å². The van der Waals surface area contributed by atoms with Crippen molar-refractivity contribution in [2.75, 3.05) is 0 Å². The van der Waals surface area contributed by atoms with Crippen molar-refractivity contribution in [1.29, 1.82) is 0 Å². The molecule has 3 atom stereocenters. The minimum Gasteiger partial charge on any atom is -0.456 e. The third kappa shape index (κ3) is 3.05. The van der Waals surface area contributed by atoms with Crippen LogP contribution in [0.2, 0.25) is 0 Å². The molecule has 24 heavy (non-hydrogen) atoms. The molecule has 1 aliphatic rings. The van der Waals surface area contributed by atoms with Crippen LogP contribution in [0.15, 0.2) is 46.9 Å². The number of hydrogen-bond acceptors (Lipinski definition) is 4. The first-order valence-corrected chi connectivity index (χ1v) is 8.70. The summed E-state index contributed by atoms with van der Waals surface area (Å²) in [6, 6.07) is 14.8. The summed E-state index contributed by atoms with van der Waals surface area (Å²) in [7, 11) is 0. The van der Waals surface area contributed by atoms with E-state index in [1.165, 1.54) is 5.56 Å². The van der Waals surface area contributed by atoms with Gasteiger partial charge in [0.1, 0.15) is 11.2 Å². The average Bonchev–Trinajstić information content (AvgIpc) is 2.90. The fraction of sp³-hybridized carbons (Fsp3) is 0.400. The van der Waals surface area contributed by atoms with Crippen LogP contribution in [0.25, 0.3) is 21.9 Å². The molecule has 1 saturated carbocycles. The van der Waals surface area contributed by atoms with E-state index >= 15 is 0 Å². The molecule has 0 bridgehead atoms. The predicted octanol–water partition coefficient (Wildman–Crippen LogP) is 3.34. The molecule has 0 saturated heterocycles. The lowest BCUT2D eigenvalue weighted by Gasteiger charge is -2.16. The molecule has 0 aliphatic heterocycles. The van der Waals surface area contributed by atoms with Gasteiger partial charge >= 0.3 is 0 Å². The zero-order chi connectivity index (χ0) is 16.5. The quantitative estimate of drug-likeness (QED) is 0.646. The first-order chi connectivity index (χ1) is 11.7. The first-order valence-electron chi connectivity index (χ1n) is 8.70. The number of aliphatic hydroxyl groups is 2. The Labute approximate surface area is 141 Å². The Morgan fingerprint density at radius 2 is 1.58 bits per heavy atom. The van der Waals surface area contributed by atoms with Gasteiger partial charge in [-0.1, -0.05) is 24.3 Å². The van der Waals surface area contributed by atoms with E-state index in [4.69, 9.17) is 4.42 Å². The molecule has 2 aromatic carbocycles. The van der Waals surface area contributed by atoms with Gasteiger partial charge in [0.15, 0.2) is 0 Å². The van der Waals surface area contributed by atoms with Gasteiger partial charge < -0.3 is 19.9 Å². The summed E-state index contributed by atoms with van der Waals surface area (Å²) in [5.74, 6) is 0. The summed E-state index contributed by atoms with van der Waals surface area (Å²) in [6.07, 6.45) is 1.95. The molecule has 1 aromatic heterocycles. The van der Waals surface area contributed by atoms with Crippen LogP contribution in [0.5, 0.6) is 0 Å². The highest BCUT2D eigenvalue weighted by atomic mass is 16.3. The molecule has 1 fully saturated rings. The fourth-order valence-electron chi connectivity index (χ4n) is 3.62. The van der Waals surface area contributed by atoms with Crippen LogP contribution < -0.4 is 5.32 Å². The van der Waals surface area contributed by atoms with E-state index in [0.717, 1.165) is 41.3 Å². The summed E-state index contributed by atoms with van der Waals surface area (Å²) in [6.45, 7) is 0.784. The molecule has 4 heteroatoms. The maximum absolute atomic E-state index is 9.77. The van der Waals surface area contributed by atoms with Crippen molar-refractivity contribution in [2.45, 2.75) is 50.5 Å². The van der Waals surface area contributed by atoms with Crippen molar-refractivity contribution in [1.82, 2.24) is 5.32 Å². The number of nitrogens with one attached hydrogen (secondary N) is 1. The van der Waals surface area contributed by atoms with Gasteiger partial charge in [-0.15, -0.1) is 0 Å². The summed E-state index contributed by atoms with van der Waals surface area (Å²) in [5, 5.41) is 25.4. The number of rotatable bonds is 3. The van der Waals surface area contributed by atoms with E-state index < -0.39 is 12.2 Å². The normalized spacial score (nSPS) is 25.2. The molecular weight excluding hydrogens is 302 g/mol. The number of aliphatic hydroxyl groups excluding tert-OH is 2. The van der Waals surface area contributed by atoms with Crippen LogP contribution in [-0.4, -0.2) is 28.5 Å². The van der Waals surface area contributed by atoms with E-state index in [0.29, 0.717) is 18.9 Å². The van der Waals surface area contributed by atoms with Gasteiger partial charge in [0.05, 0.1) is 12.2 Å². The van der Waals surface area contributed by atoms with Gasteiger partial charge in [-0.05, 0) is 49.4 Å². The van der Waals surface area contributed by atoms with Crippen molar-refractivity contribution >= 4 is 21.9 Å². The number of para-hydroxylation sites is 1. The lowest BCUT2D eigenvalue weighted by Crippen LogP contribution is -2.28. The van der Waals surface area contributed by atoms with Crippen LogP contribution >= 0.6 is 0 Å². The highest BCUT2D eigenvalue weighted by Crippen LogP contribution is 2.29. The number of hydrogen-bond donors (Lipinski definition) is 3. The smallest absolute Gasteiger partial charge is 0.135 e. The predicted molar refractivity (Wildman–Crippen MR) is 94.8 cm³/mol. The Balaban J connectivity index is 1.49. The van der Waals surface area contributed by atoms with Crippen LogP contribution in [0.3, 0.4) is 0 Å². The molecule has 0 spiro atoms. The van der Waals surface area contributed by atoms with Gasteiger partial charge in [0, 0.05) is 23.4 Å². The third-order valence-electron chi connectivity index (χ3n) is 5.10. The number of benzene rings is 2. The summed E-state index contributed by atoms with van der Waals surface area (Å²) >= 11 is 0.